The highest BCUT2D eigenvalue weighted by molar-refractivity contribution is 6.31. The summed E-state index contributed by atoms with van der Waals surface area (Å²) in [4.78, 5) is 12.2. The summed E-state index contributed by atoms with van der Waals surface area (Å²) in [5, 5.41) is 3.40. The number of anilines is 2. The summed E-state index contributed by atoms with van der Waals surface area (Å²) < 4.78 is 0. The van der Waals surface area contributed by atoms with Crippen LogP contribution in [-0.2, 0) is 0 Å². The highest BCUT2D eigenvalue weighted by Gasteiger charge is 2.11. The van der Waals surface area contributed by atoms with Crippen molar-refractivity contribution < 1.29 is 4.79 Å². The number of benzene rings is 2. The zero-order chi connectivity index (χ0) is 14.0. The molecule has 0 atom stereocenters. The van der Waals surface area contributed by atoms with E-state index in [0.717, 1.165) is 11.1 Å². The van der Waals surface area contributed by atoms with Crippen LogP contribution in [0.4, 0.5) is 11.4 Å². The van der Waals surface area contributed by atoms with Crippen molar-refractivity contribution in [1.82, 2.24) is 0 Å². The minimum absolute atomic E-state index is 0.186. The predicted molar refractivity (Wildman–Crippen MR) is 79.7 cm³/mol. The molecule has 0 aromatic heterocycles. The number of carbonyl (C=O) groups is 1. The zero-order valence-electron chi connectivity index (χ0n) is 10.8. The van der Waals surface area contributed by atoms with Crippen LogP contribution in [0.3, 0.4) is 0 Å². The van der Waals surface area contributed by atoms with Crippen LogP contribution in [0.5, 0.6) is 0 Å². The van der Waals surface area contributed by atoms with E-state index in [1.807, 2.05) is 26.0 Å². The molecule has 0 saturated carbocycles. The average molecular weight is 275 g/mol. The van der Waals surface area contributed by atoms with Gasteiger partial charge < -0.3 is 11.1 Å². The first-order valence-electron chi connectivity index (χ1n) is 5.91. The fraction of sp³-hybridized carbons (Fsp3) is 0.133. The average Bonchev–Trinajstić information content (AvgIpc) is 2.36. The molecule has 0 bridgehead atoms. The van der Waals surface area contributed by atoms with Crippen LogP contribution in [0, 0.1) is 13.8 Å². The number of carbonyl (C=O) groups excluding carboxylic acids is 1. The molecule has 0 spiro atoms. The van der Waals surface area contributed by atoms with Crippen molar-refractivity contribution in [2.45, 2.75) is 13.8 Å². The molecule has 2 aromatic carbocycles. The SMILES string of the molecule is Cc1ccc(N)cc1NC(=O)c1cc(Cl)ccc1C. The van der Waals surface area contributed by atoms with E-state index in [0.29, 0.717) is 22.0 Å². The zero-order valence-corrected chi connectivity index (χ0v) is 11.6. The number of nitrogens with two attached hydrogens (primary N) is 1. The Morgan fingerprint density at radius 3 is 2.53 bits per heavy atom. The summed E-state index contributed by atoms with van der Waals surface area (Å²) in [7, 11) is 0. The molecular formula is C15H15ClN2O. The molecule has 2 rings (SSSR count). The number of hydrogen-bond acceptors (Lipinski definition) is 2. The van der Waals surface area contributed by atoms with Gasteiger partial charge in [-0.15, -0.1) is 0 Å². The van der Waals surface area contributed by atoms with Gasteiger partial charge in [0.1, 0.15) is 0 Å². The topological polar surface area (TPSA) is 55.1 Å². The standard InChI is InChI=1S/C15H15ClN2O/c1-9-3-5-11(16)7-13(9)15(19)18-14-8-12(17)6-4-10(14)2/h3-8H,17H2,1-2H3,(H,18,19). The second kappa shape index (κ2) is 5.33. The van der Waals surface area contributed by atoms with E-state index >= 15 is 0 Å². The second-order valence-electron chi connectivity index (χ2n) is 4.49. The van der Waals surface area contributed by atoms with Gasteiger partial charge in [0.05, 0.1) is 0 Å². The van der Waals surface area contributed by atoms with Gasteiger partial charge in [0.15, 0.2) is 0 Å². The quantitative estimate of drug-likeness (QED) is 0.819. The molecular weight excluding hydrogens is 260 g/mol. The summed E-state index contributed by atoms with van der Waals surface area (Å²) in [5.74, 6) is -0.186. The molecule has 0 fully saturated rings. The Morgan fingerprint density at radius 1 is 1.11 bits per heavy atom. The van der Waals surface area contributed by atoms with Crippen molar-refractivity contribution in [3.63, 3.8) is 0 Å². The van der Waals surface area contributed by atoms with E-state index < -0.39 is 0 Å². The Balaban J connectivity index is 2.30. The van der Waals surface area contributed by atoms with Gasteiger partial charge in [-0.3, -0.25) is 4.79 Å². The number of amides is 1. The lowest BCUT2D eigenvalue weighted by molar-refractivity contribution is 0.102. The van der Waals surface area contributed by atoms with Gasteiger partial charge in [-0.25, -0.2) is 0 Å². The van der Waals surface area contributed by atoms with Crippen LogP contribution < -0.4 is 11.1 Å². The molecule has 2 aromatic rings. The Kier molecular flexibility index (Phi) is 3.76. The molecule has 0 heterocycles. The van der Waals surface area contributed by atoms with Crippen molar-refractivity contribution in [3.8, 4) is 0 Å². The summed E-state index contributed by atoms with van der Waals surface area (Å²) in [6.07, 6.45) is 0. The maximum Gasteiger partial charge on any atom is 0.255 e. The van der Waals surface area contributed by atoms with Gasteiger partial charge in [0, 0.05) is 22.0 Å². The van der Waals surface area contributed by atoms with Crippen LogP contribution in [0.25, 0.3) is 0 Å². The first kappa shape index (κ1) is 13.4. The first-order chi connectivity index (χ1) is 8.97. The van der Waals surface area contributed by atoms with Crippen LogP contribution in [-0.4, -0.2) is 5.91 Å². The van der Waals surface area contributed by atoms with E-state index in [-0.39, 0.29) is 5.91 Å². The Bertz CT molecular complexity index is 638. The van der Waals surface area contributed by atoms with Crippen LogP contribution in [0.1, 0.15) is 21.5 Å². The monoisotopic (exact) mass is 274 g/mol. The Morgan fingerprint density at radius 2 is 1.79 bits per heavy atom. The van der Waals surface area contributed by atoms with E-state index in [1.165, 1.54) is 0 Å². The number of rotatable bonds is 2. The molecule has 19 heavy (non-hydrogen) atoms. The maximum absolute atomic E-state index is 12.2. The molecule has 0 saturated heterocycles. The highest BCUT2D eigenvalue weighted by Crippen LogP contribution is 2.21. The van der Waals surface area contributed by atoms with Crippen molar-refractivity contribution >= 4 is 28.9 Å². The molecule has 0 aliphatic rings. The number of aryl methyl sites for hydroxylation is 2. The third-order valence-electron chi connectivity index (χ3n) is 2.95. The predicted octanol–water partition coefficient (Wildman–Crippen LogP) is 3.79. The smallest absolute Gasteiger partial charge is 0.255 e. The number of halogens is 1. The lowest BCUT2D eigenvalue weighted by atomic mass is 10.1. The normalized spacial score (nSPS) is 10.3. The van der Waals surface area contributed by atoms with Gasteiger partial charge in [-0.2, -0.15) is 0 Å². The lowest BCUT2D eigenvalue weighted by Crippen LogP contribution is -2.14. The summed E-state index contributed by atoms with van der Waals surface area (Å²) in [6, 6.07) is 10.7. The molecule has 98 valence electrons. The highest BCUT2D eigenvalue weighted by atomic mass is 35.5. The molecule has 4 heteroatoms. The Hall–Kier alpha value is -2.00. The van der Waals surface area contributed by atoms with Gasteiger partial charge in [0.2, 0.25) is 0 Å². The lowest BCUT2D eigenvalue weighted by Gasteiger charge is -2.11. The van der Waals surface area contributed by atoms with Gasteiger partial charge in [-0.05, 0) is 49.2 Å². The number of hydrogen-bond donors (Lipinski definition) is 2. The largest absolute Gasteiger partial charge is 0.399 e. The third kappa shape index (κ3) is 3.06. The van der Waals surface area contributed by atoms with E-state index in [2.05, 4.69) is 5.32 Å². The van der Waals surface area contributed by atoms with Gasteiger partial charge in [0.25, 0.3) is 5.91 Å². The third-order valence-corrected chi connectivity index (χ3v) is 3.19. The maximum atomic E-state index is 12.2. The molecule has 1 amide bonds. The van der Waals surface area contributed by atoms with Crippen LogP contribution in [0.15, 0.2) is 36.4 Å². The van der Waals surface area contributed by atoms with Crippen LogP contribution in [0.2, 0.25) is 5.02 Å². The summed E-state index contributed by atoms with van der Waals surface area (Å²) >= 11 is 5.92. The Labute approximate surface area is 117 Å². The molecule has 0 unspecified atom stereocenters. The molecule has 3 nitrogen and oxygen atoms in total. The fourth-order valence-electron chi connectivity index (χ4n) is 1.80. The van der Waals surface area contributed by atoms with E-state index in [1.54, 1.807) is 24.3 Å². The number of nitrogen functional groups attached to an aromatic ring is 1. The molecule has 0 radical (unpaired) electrons. The molecule has 0 aliphatic carbocycles. The van der Waals surface area contributed by atoms with E-state index in [9.17, 15) is 4.79 Å². The second-order valence-corrected chi connectivity index (χ2v) is 4.92. The summed E-state index contributed by atoms with van der Waals surface area (Å²) in [6.45, 7) is 3.79. The first-order valence-corrected chi connectivity index (χ1v) is 6.29. The van der Waals surface area contributed by atoms with Gasteiger partial charge in [-0.1, -0.05) is 23.7 Å². The minimum atomic E-state index is -0.186. The van der Waals surface area contributed by atoms with Crippen molar-refractivity contribution in [2.75, 3.05) is 11.1 Å². The summed E-state index contributed by atoms with van der Waals surface area (Å²) in [5.41, 5.74) is 9.45. The fourth-order valence-corrected chi connectivity index (χ4v) is 1.97. The van der Waals surface area contributed by atoms with Gasteiger partial charge >= 0.3 is 0 Å². The minimum Gasteiger partial charge on any atom is -0.399 e. The number of nitrogens with one attached hydrogen (secondary N) is 1. The van der Waals surface area contributed by atoms with Crippen LogP contribution >= 0.6 is 11.6 Å². The molecule has 0 aliphatic heterocycles. The van der Waals surface area contributed by atoms with Crippen molar-refractivity contribution in [3.05, 3.63) is 58.1 Å². The molecule has 3 N–H and O–H groups in total. The van der Waals surface area contributed by atoms with E-state index in [4.69, 9.17) is 17.3 Å². The van der Waals surface area contributed by atoms with Crippen molar-refractivity contribution in [2.24, 2.45) is 0 Å². The van der Waals surface area contributed by atoms with Crippen molar-refractivity contribution in [1.29, 1.82) is 0 Å².